The first kappa shape index (κ1) is 26.6. The van der Waals surface area contributed by atoms with Crippen LogP contribution in [0.3, 0.4) is 0 Å². The number of allylic oxidation sites excluding steroid dienone is 1. The molecule has 0 fully saturated rings. The number of nitrogens with zero attached hydrogens (tertiary/aromatic N) is 3. The van der Waals surface area contributed by atoms with Crippen molar-refractivity contribution in [2.24, 2.45) is 0 Å². The summed E-state index contributed by atoms with van der Waals surface area (Å²) in [5.41, 5.74) is 3.42. The van der Waals surface area contributed by atoms with Crippen LogP contribution in [0.4, 0.5) is 11.6 Å². The Morgan fingerprint density at radius 1 is 0.975 bits per heavy atom. The zero-order chi connectivity index (χ0) is 28.1. The lowest BCUT2D eigenvalue weighted by atomic mass is 9.94. The first-order chi connectivity index (χ1) is 19.5. The first-order valence-electron chi connectivity index (χ1n) is 12.9. The van der Waals surface area contributed by atoms with Gasteiger partial charge in [-0.1, -0.05) is 36.4 Å². The van der Waals surface area contributed by atoms with E-state index in [1.54, 1.807) is 37.1 Å². The lowest BCUT2D eigenvalue weighted by Crippen LogP contribution is -2.31. The fourth-order valence-corrected chi connectivity index (χ4v) is 4.61. The molecule has 1 aliphatic heterocycles. The van der Waals surface area contributed by atoms with E-state index in [0.29, 0.717) is 59.1 Å². The number of rotatable bonds is 10. The van der Waals surface area contributed by atoms with Crippen LogP contribution in [0.2, 0.25) is 0 Å². The van der Waals surface area contributed by atoms with Crippen molar-refractivity contribution in [2.45, 2.75) is 26.5 Å². The van der Waals surface area contributed by atoms with Crippen LogP contribution in [0, 0.1) is 0 Å². The SMILES string of the molecule is CCOc1cc(C2C(C(=O)Nc3cc(OC)ccc3OC)=C(C)Nc3ncnn32)ccc1OCc1ccccc1. The second kappa shape index (κ2) is 11.8. The number of ether oxygens (including phenoxy) is 4. The Morgan fingerprint density at radius 3 is 2.52 bits per heavy atom. The Balaban J connectivity index is 1.51. The van der Waals surface area contributed by atoms with Crippen molar-refractivity contribution in [3.05, 3.63) is 95.5 Å². The highest BCUT2D eigenvalue weighted by Gasteiger charge is 2.34. The van der Waals surface area contributed by atoms with Gasteiger partial charge in [0.1, 0.15) is 30.5 Å². The molecular formula is C30H31N5O5. The summed E-state index contributed by atoms with van der Waals surface area (Å²) < 4.78 is 24.6. The van der Waals surface area contributed by atoms with E-state index in [9.17, 15) is 4.79 Å². The highest BCUT2D eigenvalue weighted by Crippen LogP contribution is 2.40. The molecule has 5 rings (SSSR count). The van der Waals surface area contributed by atoms with Gasteiger partial charge in [0.15, 0.2) is 11.5 Å². The summed E-state index contributed by atoms with van der Waals surface area (Å²) in [7, 11) is 3.11. The Morgan fingerprint density at radius 2 is 1.77 bits per heavy atom. The quantitative estimate of drug-likeness (QED) is 0.282. The molecule has 1 amide bonds. The van der Waals surface area contributed by atoms with Crippen molar-refractivity contribution >= 4 is 17.5 Å². The third kappa shape index (κ3) is 5.42. The van der Waals surface area contributed by atoms with Crippen molar-refractivity contribution in [2.75, 3.05) is 31.5 Å². The van der Waals surface area contributed by atoms with Gasteiger partial charge >= 0.3 is 0 Å². The maximum Gasteiger partial charge on any atom is 0.255 e. The van der Waals surface area contributed by atoms with Gasteiger partial charge in [-0.2, -0.15) is 10.1 Å². The van der Waals surface area contributed by atoms with E-state index in [1.807, 2.05) is 62.4 Å². The van der Waals surface area contributed by atoms with Crippen LogP contribution in [0.25, 0.3) is 0 Å². The number of anilines is 2. The number of aromatic nitrogens is 3. The predicted octanol–water partition coefficient (Wildman–Crippen LogP) is 5.20. The maximum absolute atomic E-state index is 13.9. The second-order valence-corrected chi connectivity index (χ2v) is 9.03. The molecule has 10 nitrogen and oxygen atoms in total. The van der Waals surface area contributed by atoms with Gasteiger partial charge in [0.05, 0.1) is 32.1 Å². The molecule has 1 aliphatic rings. The Labute approximate surface area is 232 Å². The van der Waals surface area contributed by atoms with Crippen LogP contribution in [0.5, 0.6) is 23.0 Å². The molecule has 1 atom stereocenters. The third-order valence-electron chi connectivity index (χ3n) is 6.51. The van der Waals surface area contributed by atoms with Crippen molar-refractivity contribution < 1.29 is 23.7 Å². The van der Waals surface area contributed by atoms with Gasteiger partial charge < -0.3 is 29.6 Å². The molecule has 2 heterocycles. The monoisotopic (exact) mass is 541 g/mol. The molecule has 0 spiro atoms. The lowest BCUT2D eigenvalue weighted by Gasteiger charge is -2.29. The van der Waals surface area contributed by atoms with Crippen LogP contribution >= 0.6 is 0 Å². The van der Waals surface area contributed by atoms with Crippen molar-refractivity contribution in [3.8, 4) is 23.0 Å². The topological polar surface area (TPSA) is 109 Å². The number of carbonyl (C=O) groups is 1. The van der Waals surface area contributed by atoms with Gasteiger partial charge in [-0.3, -0.25) is 4.79 Å². The smallest absolute Gasteiger partial charge is 0.255 e. The average Bonchev–Trinajstić information content (AvgIpc) is 3.44. The van der Waals surface area contributed by atoms with E-state index >= 15 is 0 Å². The summed E-state index contributed by atoms with van der Waals surface area (Å²) in [5.74, 6) is 2.47. The standard InChI is InChI=1S/C30H31N5O5/c1-5-39-26-15-21(11-13-25(26)40-17-20-9-7-6-8-10-20)28-27(19(2)33-30-31-18-32-35(28)30)29(36)34-23-16-22(37-3)12-14-24(23)38-4/h6-16,18,28H,5,17H2,1-4H3,(H,34,36)(H,31,32,33). The maximum atomic E-state index is 13.9. The van der Waals surface area contributed by atoms with Gasteiger partial charge in [0, 0.05) is 11.8 Å². The number of amides is 1. The Hall–Kier alpha value is -4.99. The number of hydrogen-bond donors (Lipinski definition) is 2. The number of nitrogens with one attached hydrogen (secondary N) is 2. The van der Waals surface area contributed by atoms with Crippen LogP contribution < -0.4 is 29.6 Å². The highest BCUT2D eigenvalue weighted by molar-refractivity contribution is 6.06. The second-order valence-electron chi connectivity index (χ2n) is 9.03. The van der Waals surface area contributed by atoms with Gasteiger partial charge in [-0.05, 0) is 49.2 Å². The molecule has 1 unspecified atom stereocenters. The fourth-order valence-electron chi connectivity index (χ4n) is 4.61. The largest absolute Gasteiger partial charge is 0.497 e. The summed E-state index contributed by atoms with van der Waals surface area (Å²) in [6.07, 6.45) is 1.45. The van der Waals surface area contributed by atoms with Gasteiger partial charge in [0.2, 0.25) is 5.95 Å². The zero-order valence-electron chi connectivity index (χ0n) is 22.8. The normalized spacial score (nSPS) is 14.2. The summed E-state index contributed by atoms with van der Waals surface area (Å²) >= 11 is 0. The molecule has 3 aromatic carbocycles. The Kier molecular flexibility index (Phi) is 7.86. The van der Waals surface area contributed by atoms with Crippen LogP contribution in [-0.4, -0.2) is 41.5 Å². The molecule has 40 heavy (non-hydrogen) atoms. The summed E-state index contributed by atoms with van der Waals surface area (Å²) in [4.78, 5) is 18.2. The van der Waals surface area contributed by atoms with E-state index in [2.05, 4.69) is 20.7 Å². The van der Waals surface area contributed by atoms with Crippen LogP contribution in [0.15, 0.2) is 84.3 Å². The minimum atomic E-state index is -0.585. The molecule has 10 heteroatoms. The number of carbonyl (C=O) groups excluding carboxylic acids is 1. The van der Waals surface area contributed by atoms with Gasteiger partial charge in [0.25, 0.3) is 5.91 Å². The molecule has 4 aromatic rings. The predicted molar refractivity (Wildman–Crippen MR) is 151 cm³/mol. The van der Waals surface area contributed by atoms with Gasteiger partial charge in [-0.15, -0.1) is 0 Å². The zero-order valence-corrected chi connectivity index (χ0v) is 22.8. The molecular weight excluding hydrogens is 510 g/mol. The van der Waals surface area contributed by atoms with E-state index in [1.165, 1.54) is 6.33 Å². The van der Waals surface area contributed by atoms with E-state index in [4.69, 9.17) is 18.9 Å². The Bertz CT molecular complexity index is 1530. The van der Waals surface area contributed by atoms with E-state index in [0.717, 1.165) is 11.1 Å². The highest BCUT2D eigenvalue weighted by atomic mass is 16.5. The van der Waals surface area contributed by atoms with Crippen LogP contribution in [-0.2, 0) is 11.4 Å². The minimum Gasteiger partial charge on any atom is -0.497 e. The number of benzene rings is 3. The summed E-state index contributed by atoms with van der Waals surface area (Å²) in [5, 5.41) is 10.6. The summed E-state index contributed by atoms with van der Waals surface area (Å²) in [6, 6.07) is 20.2. The van der Waals surface area contributed by atoms with Gasteiger partial charge in [-0.25, -0.2) is 4.68 Å². The summed E-state index contributed by atoms with van der Waals surface area (Å²) in [6.45, 7) is 4.60. The first-order valence-corrected chi connectivity index (χ1v) is 12.9. The molecule has 1 aromatic heterocycles. The average molecular weight is 542 g/mol. The number of fused-ring (bicyclic) bond motifs is 1. The molecule has 2 N–H and O–H groups in total. The van der Waals surface area contributed by atoms with Crippen molar-refractivity contribution in [3.63, 3.8) is 0 Å². The van der Waals surface area contributed by atoms with Crippen molar-refractivity contribution in [1.29, 1.82) is 0 Å². The molecule has 0 saturated heterocycles. The third-order valence-corrected chi connectivity index (χ3v) is 6.51. The number of hydrogen-bond acceptors (Lipinski definition) is 8. The molecule has 206 valence electrons. The van der Waals surface area contributed by atoms with E-state index in [-0.39, 0.29) is 5.91 Å². The van der Waals surface area contributed by atoms with E-state index < -0.39 is 6.04 Å². The van der Waals surface area contributed by atoms with Crippen molar-refractivity contribution in [1.82, 2.24) is 14.8 Å². The van der Waals surface area contributed by atoms with Crippen LogP contribution in [0.1, 0.15) is 31.0 Å². The fraction of sp³-hybridized carbons (Fsp3) is 0.233. The minimum absolute atomic E-state index is 0.329. The lowest BCUT2D eigenvalue weighted by molar-refractivity contribution is -0.113. The molecule has 0 saturated carbocycles. The molecule has 0 radical (unpaired) electrons. The molecule has 0 aliphatic carbocycles. The molecule has 0 bridgehead atoms. The number of methoxy groups -OCH3 is 2.